The number of nitrogens with zero attached hydrogens (tertiary/aromatic N) is 1. The van der Waals surface area contributed by atoms with Crippen molar-refractivity contribution in [1.82, 2.24) is 5.16 Å². The number of phenols is 1. The number of nitrogens with two attached hydrogens (primary N) is 1. The highest BCUT2D eigenvalue weighted by atomic mass is 16.5. The molecule has 0 aliphatic rings. The van der Waals surface area contributed by atoms with Crippen LogP contribution >= 0.6 is 0 Å². The van der Waals surface area contributed by atoms with Crippen LogP contribution in [-0.4, -0.2) is 27.4 Å². The van der Waals surface area contributed by atoms with Crippen LogP contribution in [0.3, 0.4) is 0 Å². The lowest BCUT2D eigenvalue weighted by atomic mass is 10.0. The van der Waals surface area contributed by atoms with Gasteiger partial charge in [-0.25, -0.2) is 0 Å². The van der Waals surface area contributed by atoms with Gasteiger partial charge in [-0.2, -0.15) is 0 Å². The third-order valence-corrected chi connectivity index (χ3v) is 2.51. The highest BCUT2D eigenvalue weighted by Crippen LogP contribution is 2.26. The van der Waals surface area contributed by atoms with Crippen molar-refractivity contribution in [3.05, 3.63) is 36.0 Å². The Balaban J connectivity index is 2.30. The Morgan fingerprint density at radius 2 is 2.28 bits per heavy atom. The molecule has 0 amide bonds. The van der Waals surface area contributed by atoms with E-state index in [0.717, 1.165) is 0 Å². The number of rotatable bonds is 4. The van der Waals surface area contributed by atoms with Gasteiger partial charge in [0, 0.05) is 17.5 Å². The summed E-state index contributed by atoms with van der Waals surface area (Å²) >= 11 is 0. The molecule has 0 fully saturated rings. The lowest BCUT2D eigenvalue weighted by molar-refractivity contribution is -0.138. The van der Waals surface area contributed by atoms with E-state index in [9.17, 15) is 9.90 Å². The third kappa shape index (κ3) is 2.49. The first kappa shape index (κ1) is 12.1. The van der Waals surface area contributed by atoms with E-state index in [-0.39, 0.29) is 12.2 Å². The van der Waals surface area contributed by atoms with E-state index in [0.29, 0.717) is 16.9 Å². The van der Waals surface area contributed by atoms with Crippen molar-refractivity contribution in [3.8, 4) is 17.1 Å². The monoisotopic (exact) mass is 248 g/mol. The fourth-order valence-corrected chi connectivity index (χ4v) is 1.61. The molecule has 1 aromatic heterocycles. The van der Waals surface area contributed by atoms with Gasteiger partial charge < -0.3 is 20.5 Å². The van der Waals surface area contributed by atoms with E-state index in [2.05, 4.69) is 5.16 Å². The number of hydrogen-bond donors (Lipinski definition) is 3. The van der Waals surface area contributed by atoms with E-state index >= 15 is 0 Å². The lowest BCUT2D eigenvalue weighted by Gasteiger charge is -2.05. The second-order valence-electron chi connectivity index (χ2n) is 3.88. The summed E-state index contributed by atoms with van der Waals surface area (Å²) in [6.45, 7) is 0. The predicted molar refractivity (Wildman–Crippen MR) is 62.9 cm³/mol. The van der Waals surface area contributed by atoms with Gasteiger partial charge in [0.05, 0.1) is 6.20 Å². The second-order valence-corrected chi connectivity index (χ2v) is 3.88. The van der Waals surface area contributed by atoms with Crippen LogP contribution in [0.25, 0.3) is 11.3 Å². The number of carbonyl (C=O) groups is 1. The average molecular weight is 248 g/mol. The zero-order valence-electron chi connectivity index (χ0n) is 9.41. The van der Waals surface area contributed by atoms with Gasteiger partial charge in [0.1, 0.15) is 11.8 Å². The first-order chi connectivity index (χ1) is 8.58. The number of aliphatic carboxylic acids is 1. The van der Waals surface area contributed by atoms with Crippen molar-refractivity contribution in [1.29, 1.82) is 0 Å². The van der Waals surface area contributed by atoms with Crippen molar-refractivity contribution < 1.29 is 19.5 Å². The molecule has 4 N–H and O–H groups in total. The molecule has 2 aromatic rings. The SMILES string of the molecule is NC(Cc1cnoc1-c1cccc(O)c1)C(=O)O. The van der Waals surface area contributed by atoms with Crippen LogP contribution in [0, 0.1) is 0 Å². The van der Waals surface area contributed by atoms with Gasteiger partial charge >= 0.3 is 5.97 Å². The van der Waals surface area contributed by atoms with Crippen LogP contribution in [0.2, 0.25) is 0 Å². The number of hydrogen-bond acceptors (Lipinski definition) is 5. The standard InChI is InChI=1S/C12H12N2O4/c13-10(12(16)17)5-8-6-14-18-11(8)7-2-1-3-9(15)4-7/h1-4,6,10,15H,5,13H2,(H,16,17). The molecule has 6 heteroatoms. The summed E-state index contributed by atoms with van der Waals surface area (Å²) in [4.78, 5) is 10.7. The molecule has 1 heterocycles. The molecule has 1 unspecified atom stereocenters. The van der Waals surface area contributed by atoms with E-state index in [1.165, 1.54) is 18.3 Å². The fraction of sp³-hybridized carbons (Fsp3) is 0.167. The molecule has 0 aliphatic heterocycles. The summed E-state index contributed by atoms with van der Waals surface area (Å²) in [6.07, 6.45) is 1.55. The normalized spacial score (nSPS) is 12.3. The van der Waals surface area contributed by atoms with Crippen molar-refractivity contribution >= 4 is 5.97 Å². The molecular weight excluding hydrogens is 236 g/mol. The van der Waals surface area contributed by atoms with Crippen LogP contribution in [0.5, 0.6) is 5.75 Å². The van der Waals surface area contributed by atoms with Crippen LogP contribution in [0.1, 0.15) is 5.56 Å². The van der Waals surface area contributed by atoms with Gasteiger partial charge in [0.25, 0.3) is 0 Å². The number of carboxylic acids is 1. The maximum Gasteiger partial charge on any atom is 0.320 e. The largest absolute Gasteiger partial charge is 0.508 e. The molecule has 18 heavy (non-hydrogen) atoms. The van der Waals surface area contributed by atoms with E-state index < -0.39 is 12.0 Å². The molecule has 0 aliphatic carbocycles. The zero-order valence-corrected chi connectivity index (χ0v) is 9.41. The quantitative estimate of drug-likeness (QED) is 0.744. The Labute approximate surface area is 103 Å². The number of benzene rings is 1. The third-order valence-electron chi connectivity index (χ3n) is 2.51. The minimum Gasteiger partial charge on any atom is -0.508 e. The summed E-state index contributed by atoms with van der Waals surface area (Å²) < 4.78 is 5.08. The summed E-state index contributed by atoms with van der Waals surface area (Å²) in [5.74, 6) is -0.571. The van der Waals surface area contributed by atoms with Crippen LogP contribution in [0.4, 0.5) is 0 Å². The lowest BCUT2D eigenvalue weighted by Crippen LogP contribution is -2.32. The van der Waals surface area contributed by atoms with E-state index in [4.69, 9.17) is 15.4 Å². The second kappa shape index (κ2) is 4.89. The first-order valence-corrected chi connectivity index (χ1v) is 5.29. The minimum absolute atomic E-state index is 0.0948. The van der Waals surface area contributed by atoms with Crippen LogP contribution in [-0.2, 0) is 11.2 Å². The Morgan fingerprint density at radius 3 is 2.94 bits per heavy atom. The topological polar surface area (TPSA) is 110 Å². The molecule has 0 radical (unpaired) electrons. The number of phenolic OH excluding ortho intramolecular Hbond substituents is 1. The Kier molecular flexibility index (Phi) is 3.29. The van der Waals surface area contributed by atoms with Gasteiger partial charge in [-0.05, 0) is 12.1 Å². The zero-order chi connectivity index (χ0) is 13.1. The minimum atomic E-state index is -1.09. The van der Waals surface area contributed by atoms with Gasteiger partial charge in [-0.1, -0.05) is 17.3 Å². The van der Waals surface area contributed by atoms with Crippen molar-refractivity contribution in [2.45, 2.75) is 12.5 Å². The highest BCUT2D eigenvalue weighted by Gasteiger charge is 2.18. The molecule has 0 saturated heterocycles. The Hall–Kier alpha value is -2.34. The van der Waals surface area contributed by atoms with Crippen LogP contribution < -0.4 is 5.73 Å². The molecule has 1 atom stereocenters. The van der Waals surface area contributed by atoms with Crippen molar-refractivity contribution in [2.24, 2.45) is 5.73 Å². The number of aromatic hydroxyl groups is 1. The van der Waals surface area contributed by atoms with Crippen molar-refractivity contribution in [3.63, 3.8) is 0 Å². The fourth-order valence-electron chi connectivity index (χ4n) is 1.61. The molecule has 0 bridgehead atoms. The van der Waals surface area contributed by atoms with Crippen molar-refractivity contribution in [2.75, 3.05) is 0 Å². The molecule has 94 valence electrons. The van der Waals surface area contributed by atoms with E-state index in [1.807, 2.05) is 0 Å². The smallest absolute Gasteiger partial charge is 0.320 e. The van der Waals surface area contributed by atoms with Crippen LogP contribution in [0.15, 0.2) is 35.0 Å². The van der Waals surface area contributed by atoms with Gasteiger partial charge in [-0.3, -0.25) is 4.79 Å². The van der Waals surface area contributed by atoms with Gasteiger partial charge in [0.2, 0.25) is 0 Å². The molecular formula is C12H12N2O4. The number of carboxylic acid groups (broad SMARTS) is 1. The average Bonchev–Trinajstić information content (AvgIpc) is 2.77. The molecule has 0 saturated carbocycles. The molecule has 2 rings (SSSR count). The molecule has 0 spiro atoms. The van der Waals surface area contributed by atoms with Gasteiger partial charge in [-0.15, -0.1) is 0 Å². The highest BCUT2D eigenvalue weighted by molar-refractivity contribution is 5.74. The predicted octanol–water partition coefficient (Wildman–Crippen LogP) is 1.00. The maximum absolute atomic E-state index is 10.7. The van der Waals surface area contributed by atoms with E-state index in [1.54, 1.807) is 12.1 Å². The summed E-state index contributed by atoms with van der Waals surface area (Å²) in [7, 11) is 0. The van der Waals surface area contributed by atoms with Gasteiger partial charge in [0.15, 0.2) is 5.76 Å². The summed E-state index contributed by atoms with van der Waals surface area (Å²) in [5.41, 5.74) is 6.68. The Bertz CT molecular complexity index is 565. The molecule has 6 nitrogen and oxygen atoms in total. The summed E-state index contributed by atoms with van der Waals surface area (Å²) in [6, 6.07) is 5.42. The Morgan fingerprint density at radius 1 is 1.50 bits per heavy atom. The first-order valence-electron chi connectivity index (χ1n) is 5.29. The maximum atomic E-state index is 10.7. The molecule has 1 aromatic carbocycles. The summed E-state index contributed by atoms with van der Waals surface area (Å²) in [5, 5.41) is 21.8. The number of aromatic nitrogens is 1.